The minimum atomic E-state index is -3.84. The summed E-state index contributed by atoms with van der Waals surface area (Å²) >= 11 is 1.59. The molecule has 3 rings (SSSR count). The van der Waals surface area contributed by atoms with E-state index in [1.807, 2.05) is 73.8 Å². The van der Waals surface area contributed by atoms with Crippen LogP contribution in [0.4, 0.5) is 0 Å². The van der Waals surface area contributed by atoms with E-state index in [0.29, 0.717) is 19.6 Å². The molecule has 0 aliphatic heterocycles. The highest BCUT2D eigenvalue weighted by Crippen LogP contribution is 2.25. The van der Waals surface area contributed by atoms with Crippen molar-refractivity contribution >= 4 is 27.3 Å². The van der Waals surface area contributed by atoms with Gasteiger partial charge >= 0.3 is 0 Å². The Hall–Kier alpha value is -2.48. The van der Waals surface area contributed by atoms with E-state index >= 15 is 0 Å². The zero-order valence-corrected chi connectivity index (χ0v) is 23.6. The Balaban J connectivity index is 1.89. The molecular weight excluding hydrogens is 488 g/mol. The number of rotatable bonds is 11. The summed E-state index contributed by atoms with van der Waals surface area (Å²) in [5.41, 5.74) is 2.00. The topological polar surface area (TPSA) is 57.7 Å². The molecule has 3 aromatic rings. The Bertz CT molecular complexity index is 1200. The van der Waals surface area contributed by atoms with Gasteiger partial charge in [-0.25, -0.2) is 8.42 Å². The maximum absolute atomic E-state index is 13.7. The van der Waals surface area contributed by atoms with Crippen molar-refractivity contribution in [2.24, 2.45) is 5.92 Å². The van der Waals surface area contributed by atoms with E-state index in [0.717, 1.165) is 22.4 Å². The third kappa shape index (κ3) is 7.51. The summed E-state index contributed by atoms with van der Waals surface area (Å²) in [4.78, 5) is 16.7. The van der Waals surface area contributed by atoms with Crippen molar-refractivity contribution in [2.45, 2.75) is 64.4 Å². The van der Waals surface area contributed by atoms with E-state index in [4.69, 9.17) is 0 Å². The van der Waals surface area contributed by atoms with Gasteiger partial charge < -0.3 is 4.90 Å². The number of nitrogens with zero attached hydrogens (tertiary/aromatic N) is 2. The lowest BCUT2D eigenvalue weighted by atomic mass is 9.87. The van der Waals surface area contributed by atoms with Crippen molar-refractivity contribution in [3.05, 3.63) is 88.1 Å². The minimum Gasteiger partial charge on any atom is -0.332 e. The molecular formula is C29H38N2O3S2. The number of carbonyl (C=O) groups excluding carboxylic acids is 1. The first kappa shape index (κ1) is 28.1. The van der Waals surface area contributed by atoms with Gasteiger partial charge in [0, 0.05) is 18.0 Å². The van der Waals surface area contributed by atoms with E-state index < -0.39 is 10.0 Å². The highest BCUT2D eigenvalue weighted by Gasteiger charge is 2.30. The number of thiophene rings is 1. The van der Waals surface area contributed by atoms with Crippen LogP contribution in [0.3, 0.4) is 0 Å². The standard InChI is InChI=1S/C29H38N2O3S2/c1-6-23(2)19-31(36(33,34)27-16-14-25(15-17-27)29(3,4)5)22-28(32)30(21-26-13-10-18-35-26)20-24-11-8-7-9-12-24/h7-18,23H,6,19-22H2,1-5H3. The predicted molar refractivity (Wildman–Crippen MR) is 148 cm³/mol. The van der Waals surface area contributed by atoms with Gasteiger partial charge in [-0.15, -0.1) is 11.3 Å². The number of sulfonamides is 1. The Kier molecular flexibility index (Phi) is 9.50. The van der Waals surface area contributed by atoms with Crippen LogP contribution in [0.1, 0.15) is 57.0 Å². The highest BCUT2D eigenvalue weighted by atomic mass is 32.2. The van der Waals surface area contributed by atoms with Crippen LogP contribution in [0.2, 0.25) is 0 Å². The van der Waals surface area contributed by atoms with E-state index in [9.17, 15) is 13.2 Å². The zero-order chi connectivity index (χ0) is 26.3. The van der Waals surface area contributed by atoms with Crippen molar-refractivity contribution in [1.29, 1.82) is 0 Å². The van der Waals surface area contributed by atoms with Gasteiger partial charge in [0.25, 0.3) is 0 Å². The van der Waals surface area contributed by atoms with Crippen LogP contribution in [0.25, 0.3) is 0 Å². The van der Waals surface area contributed by atoms with Crippen LogP contribution >= 0.6 is 11.3 Å². The van der Waals surface area contributed by atoms with Crippen molar-refractivity contribution in [3.8, 4) is 0 Å². The summed E-state index contributed by atoms with van der Waals surface area (Å²) in [5, 5.41) is 1.99. The second kappa shape index (κ2) is 12.2. The van der Waals surface area contributed by atoms with Crippen molar-refractivity contribution in [3.63, 3.8) is 0 Å². The summed E-state index contributed by atoms with van der Waals surface area (Å²) < 4.78 is 28.8. The molecule has 5 nitrogen and oxygen atoms in total. The van der Waals surface area contributed by atoms with Gasteiger partial charge in [-0.05, 0) is 46.0 Å². The molecule has 0 aliphatic carbocycles. The lowest BCUT2D eigenvalue weighted by Gasteiger charge is -2.29. The van der Waals surface area contributed by atoms with Crippen molar-refractivity contribution in [1.82, 2.24) is 9.21 Å². The Morgan fingerprint density at radius 2 is 1.61 bits per heavy atom. The third-order valence-corrected chi connectivity index (χ3v) is 9.06. The van der Waals surface area contributed by atoms with E-state index in [-0.39, 0.29) is 28.7 Å². The minimum absolute atomic E-state index is 0.0750. The SMILES string of the molecule is CCC(C)CN(CC(=O)N(Cc1ccccc1)Cc1cccs1)S(=O)(=O)c1ccc(C(C)(C)C)cc1. The van der Waals surface area contributed by atoms with E-state index in [1.54, 1.807) is 28.4 Å². The first-order valence-corrected chi connectivity index (χ1v) is 14.8. The number of carbonyl (C=O) groups is 1. The number of benzene rings is 2. The Morgan fingerprint density at radius 1 is 0.944 bits per heavy atom. The van der Waals surface area contributed by atoms with Gasteiger partial charge in [-0.1, -0.05) is 89.6 Å². The predicted octanol–water partition coefficient (Wildman–Crippen LogP) is 6.31. The molecule has 0 aliphatic rings. The molecule has 0 fully saturated rings. The molecule has 1 amide bonds. The fourth-order valence-corrected chi connectivity index (χ4v) is 6.11. The van der Waals surface area contributed by atoms with E-state index in [2.05, 4.69) is 20.8 Å². The van der Waals surface area contributed by atoms with Crippen molar-refractivity contribution in [2.75, 3.05) is 13.1 Å². The van der Waals surface area contributed by atoms with Crippen LogP contribution in [-0.4, -0.2) is 36.6 Å². The first-order valence-electron chi connectivity index (χ1n) is 12.5. The summed E-state index contributed by atoms with van der Waals surface area (Å²) in [6.07, 6.45) is 0.825. The molecule has 1 atom stereocenters. The van der Waals surface area contributed by atoms with Crippen LogP contribution in [-0.2, 0) is 33.3 Å². The van der Waals surface area contributed by atoms with Gasteiger partial charge in [-0.2, -0.15) is 4.31 Å². The Morgan fingerprint density at radius 3 is 2.17 bits per heavy atom. The van der Waals surface area contributed by atoms with Gasteiger partial charge in [0.05, 0.1) is 18.0 Å². The molecule has 0 saturated heterocycles. The van der Waals surface area contributed by atoms with Crippen LogP contribution in [0.5, 0.6) is 0 Å². The highest BCUT2D eigenvalue weighted by molar-refractivity contribution is 7.89. The number of amides is 1. The second-order valence-electron chi connectivity index (χ2n) is 10.4. The number of hydrogen-bond donors (Lipinski definition) is 0. The van der Waals surface area contributed by atoms with Crippen LogP contribution in [0.15, 0.2) is 77.0 Å². The average molecular weight is 527 g/mol. The molecule has 1 aromatic heterocycles. The first-order chi connectivity index (χ1) is 17.0. The van der Waals surface area contributed by atoms with Gasteiger partial charge in [-0.3, -0.25) is 4.79 Å². The molecule has 36 heavy (non-hydrogen) atoms. The van der Waals surface area contributed by atoms with Crippen LogP contribution in [0, 0.1) is 5.92 Å². The lowest BCUT2D eigenvalue weighted by molar-refractivity contribution is -0.132. The van der Waals surface area contributed by atoms with Crippen molar-refractivity contribution < 1.29 is 13.2 Å². The summed E-state index contributed by atoms with van der Waals surface area (Å²) in [7, 11) is -3.84. The quantitative estimate of drug-likeness (QED) is 0.294. The third-order valence-electron chi connectivity index (χ3n) is 6.38. The zero-order valence-electron chi connectivity index (χ0n) is 22.0. The molecule has 1 unspecified atom stereocenters. The molecule has 0 bridgehead atoms. The van der Waals surface area contributed by atoms with Gasteiger partial charge in [0.2, 0.25) is 15.9 Å². The summed E-state index contributed by atoms with van der Waals surface area (Å²) in [6.45, 7) is 11.3. The monoisotopic (exact) mass is 526 g/mol. The molecule has 0 spiro atoms. The maximum Gasteiger partial charge on any atom is 0.243 e. The maximum atomic E-state index is 13.7. The van der Waals surface area contributed by atoms with Crippen LogP contribution < -0.4 is 0 Å². The molecule has 194 valence electrons. The molecule has 1 heterocycles. The largest absolute Gasteiger partial charge is 0.332 e. The van der Waals surface area contributed by atoms with E-state index in [1.165, 1.54) is 4.31 Å². The molecule has 2 aromatic carbocycles. The average Bonchev–Trinajstić information content (AvgIpc) is 3.36. The normalized spacial score (nSPS) is 13.1. The molecule has 0 saturated carbocycles. The Labute approximate surface area is 220 Å². The van der Waals surface area contributed by atoms with Gasteiger partial charge in [0.15, 0.2) is 0 Å². The lowest BCUT2D eigenvalue weighted by Crippen LogP contribution is -2.44. The fourth-order valence-electron chi connectivity index (χ4n) is 3.88. The molecule has 0 radical (unpaired) electrons. The molecule has 0 N–H and O–H groups in total. The second-order valence-corrected chi connectivity index (χ2v) is 13.4. The van der Waals surface area contributed by atoms with Gasteiger partial charge in [0.1, 0.15) is 0 Å². The molecule has 7 heteroatoms. The summed E-state index contributed by atoms with van der Waals surface area (Å²) in [6, 6.07) is 20.8. The number of hydrogen-bond acceptors (Lipinski definition) is 4. The summed E-state index contributed by atoms with van der Waals surface area (Å²) in [5.74, 6) is -0.0771. The smallest absolute Gasteiger partial charge is 0.243 e. The fraction of sp³-hybridized carbons (Fsp3) is 0.414.